The molecule has 0 radical (unpaired) electrons. The molecule has 0 amide bonds. The second kappa shape index (κ2) is 11.7. The summed E-state index contributed by atoms with van der Waals surface area (Å²) in [5.74, 6) is 2.74. The van der Waals surface area contributed by atoms with Gasteiger partial charge < -0.3 is 10.5 Å². The van der Waals surface area contributed by atoms with Crippen molar-refractivity contribution in [2.45, 2.75) is 131 Å². The molecule has 0 saturated heterocycles. The molecule has 2 unspecified atom stereocenters. The van der Waals surface area contributed by atoms with Crippen LogP contribution in [0.15, 0.2) is 65.8 Å². The third-order valence-corrected chi connectivity index (χ3v) is 16.6. The molecule has 4 fully saturated rings. The number of nitrogens with two attached hydrogens (primary N) is 1. The summed E-state index contributed by atoms with van der Waals surface area (Å²) in [6, 6.07) is 9.68. The highest BCUT2D eigenvalue weighted by atomic mass is 19.1. The van der Waals surface area contributed by atoms with E-state index in [1.54, 1.807) is 0 Å². The van der Waals surface area contributed by atoms with E-state index in [-0.39, 0.29) is 23.0 Å². The van der Waals surface area contributed by atoms with E-state index in [4.69, 9.17) is 10.5 Å². The molecule has 262 valence electrons. The number of rotatable bonds is 6. The van der Waals surface area contributed by atoms with Crippen molar-refractivity contribution in [3.63, 3.8) is 0 Å². The third kappa shape index (κ3) is 4.84. The van der Waals surface area contributed by atoms with E-state index in [0.29, 0.717) is 53.3 Å². The molecule has 3 nitrogen and oxygen atoms in total. The van der Waals surface area contributed by atoms with Gasteiger partial charge in [0.1, 0.15) is 13.3 Å². The van der Waals surface area contributed by atoms with Gasteiger partial charge in [-0.15, -0.1) is 0 Å². The Hall–Kier alpha value is -2.20. The number of alkyl halides is 1. The lowest BCUT2D eigenvalue weighted by molar-refractivity contribution is -0.219. The smallest absolute Gasteiger partial charge is 0.315 e. The van der Waals surface area contributed by atoms with E-state index in [9.17, 15) is 9.18 Å². The van der Waals surface area contributed by atoms with Crippen LogP contribution >= 0.6 is 0 Å². The van der Waals surface area contributed by atoms with Gasteiger partial charge in [0.15, 0.2) is 0 Å². The van der Waals surface area contributed by atoms with Crippen molar-refractivity contribution in [2.24, 2.45) is 62.4 Å². The molecule has 4 heteroatoms. The van der Waals surface area contributed by atoms with Crippen molar-refractivity contribution in [1.29, 1.82) is 0 Å². The van der Waals surface area contributed by atoms with Gasteiger partial charge in [0.25, 0.3) is 0 Å². The molecule has 7 rings (SSSR count). The molecule has 2 N–H and O–H groups in total. The van der Waals surface area contributed by atoms with Crippen LogP contribution in [0, 0.1) is 56.7 Å². The molecule has 0 bridgehead atoms. The Kier molecular flexibility index (Phi) is 8.33. The van der Waals surface area contributed by atoms with Gasteiger partial charge in [0.05, 0.1) is 5.41 Å². The molecule has 6 aliphatic carbocycles. The Bertz CT molecular complexity index is 1510. The molecule has 6 aliphatic rings. The summed E-state index contributed by atoms with van der Waals surface area (Å²) in [5.41, 5.74) is 12.2. The van der Waals surface area contributed by atoms with Crippen molar-refractivity contribution >= 4 is 5.97 Å². The second-order valence-corrected chi connectivity index (χ2v) is 18.9. The first kappa shape index (κ1) is 34.3. The molecule has 0 aromatic heterocycles. The molecule has 10 atom stereocenters. The summed E-state index contributed by atoms with van der Waals surface area (Å²) in [5, 5.41) is 0. The van der Waals surface area contributed by atoms with Gasteiger partial charge in [0.2, 0.25) is 0 Å². The number of benzene rings is 1. The van der Waals surface area contributed by atoms with E-state index >= 15 is 0 Å². The molecule has 0 spiro atoms. The first-order valence-electron chi connectivity index (χ1n) is 19.3. The first-order valence-corrected chi connectivity index (χ1v) is 19.3. The van der Waals surface area contributed by atoms with Gasteiger partial charge in [0, 0.05) is 5.54 Å². The number of carbonyl (C=O) groups excluding carboxylic acids is 1. The van der Waals surface area contributed by atoms with Crippen molar-refractivity contribution in [3.8, 4) is 0 Å². The van der Waals surface area contributed by atoms with Gasteiger partial charge in [-0.3, -0.25) is 4.79 Å². The Morgan fingerprint density at radius 3 is 2.31 bits per heavy atom. The second-order valence-electron chi connectivity index (χ2n) is 18.9. The SMILES string of the molecule is C=C(C)C1CC[C@]2(N)CC[C@]3(C)[C@H](CCC4[C@@]5(C)CC=C(C6=CC[C@](CF)(C(=O)OCc7ccccc7)CC6)C(C)(C)[C@H]5CC[C@]43C)[C@H]12. The largest absolute Gasteiger partial charge is 0.460 e. The van der Waals surface area contributed by atoms with Crippen LogP contribution in [0.25, 0.3) is 0 Å². The summed E-state index contributed by atoms with van der Waals surface area (Å²) in [7, 11) is 0. The third-order valence-electron chi connectivity index (χ3n) is 16.6. The van der Waals surface area contributed by atoms with Crippen molar-refractivity contribution < 1.29 is 13.9 Å². The van der Waals surface area contributed by atoms with Crippen LogP contribution in [0.3, 0.4) is 0 Å². The summed E-state index contributed by atoms with van der Waals surface area (Å²) < 4.78 is 20.3. The maximum absolute atomic E-state index is 14.6. The van der Waals surface area contributed by atoms with Gasteiger partial charge in [-0.25, -0.2) is 4.39 Å². The molecule has 1 aromatic carbocycles. The molecular weight excluding hydrogens is 593 g/mol. The highest BCUT2D eigenvalue weighted by Crippen LogP contribution is 2.76. The van der Waals surface area contributed by atoms with E-state index in [0.717, 1.165) is 18.4 Å². The van der Waals surface area contributed by atoms with Crippen LogP contribution in [0.1, 0.15) is 124 Å². The Balaban J connectivity index is 1.12. The lowest BCUT2D eigenvalue weighted by atomic mass is 9.33. The molecule has 4 saturated carbocycles. The summed E-state index contributed by atoms with van der Waals surface area (Å²) >= 11 is 0. The Labute approximate surface area is 290 Å². The summed E-state index contributed by atoms with van der Waals surface area (Å²) in [4.78, 5) is 13.3. The normalized spacial score (nSPS) is 44.6. The van der Waals surface area contributed by atoms with Crippen LogP contribution in [-0.2, 0) is 16.1 Å². The number of halogens is 1. The minimum absolute atomic E-state index is 0.00531. The summed E-state index contributed by atoms with van der Waals surface area (Å²) in [6.45, 7) is 19.3. The minimum Gasteiger partial charge on any atom is -0.460 e. The summed E-state index contributed by atoms with van der Waals surface area (Å²) in [6.07, 6.45) is 17.5. The number of esters is 1. The minimum atomic E-state index is -1.07. The van der Waals surface area contributed by atoms with E-state index in [1.807, 2.05) is 30.3 Å². The number of fused-ring (bicyclic) bond motifs is 7. The lowest BCUT2D eigenvalue weighted by Gasteiger charge is -2.72. The molecule has 1 aromatic rings. The highest BCUT2D eigenvalue weighted by molar-refractivity contribution is 5.78. The zero-order chi connectivity index (χ0) is 34.3. The predicted molar refractivity (Wildman–Crippen MR) is 194 cm³/mol. The Morgan fingerprint density at radius 1 is 0.896 bits per heavy atom. The van der Waals surface area contributed by atoms with Crippen molar-refractivity contribution in [2.75, 3.05) is 6.67 Å². The molecule has 48 heavy (non-hydrogen) atoms. The number of hydrogen-bond donors (Lipinski definition) is 1. The van der Waals surface area contributed by atoms with Crippen molar-refractivity contribution in [3.05, 3.63) is 71.3 Å². The number of hydrogen-bond acceptors (Lipinski definition) is 3. The zero-order valence-electron chi connectivity index (χ0n) is 30.8. The molecular formula is C44H62FNO2. The lowest BCUT2D eigenvalue weighted by Crippen LogP contribution is -2.67. The first-order chi connectivity index (χ1) is 22.7. The Morgan fingerprint density at radius 2 is 1.65 bits per heavy atom. The fourth-order valence-corrected chi connectivity index (χ4v) is 13.7. The maximum atomic E-state index is 14.6. The fraction of sp³-hybridized carbons (Fsp3) is 0.705. The average molecular weight is 656 g/mol. The standard InChI is InChI=1S/C44H62FNO2/c1-29(2)32-17-24-44(46)26-25-41(6)34(37(32)44)13-14-36-40(5)20-18-33(39(3,4)35(40)19-21-42(36,41)7)31-15-22-43(28-45,23-16-31)38(47)48-27-30-11-9-8-10-12-30/h8-12,15,18,32,34-37H,1,13-14,16-17,19-28,46H2,2-7H3/t32?,34-,35-,36?,37+,40+,41-,42-,43+,44+/m1/s1. The van der Waals surface area contributed by atoms with E-state index in [1.165, 1.54) is 68.1 Å². The monoisotopic (exact) mass is 655 g/mol. The predicted octanol–water partition coefficient (Wildman–Crippen LogP) is 10.7. The van der Waals surface area contributed by atoms with Crippen LogP contribution in [-0.4, -0.2) is 18.2 Å². The van der Waals surface area contributed by atoms with Gasteiger partial charge in [-0.05, 0) is 152 Å². The quantitative estimate of drug-likeness (QED) is 0.245. The van der Waals surface area contributed by atoms with Crippen LogP contribution in [0.2, 0.25) is 0 Å². The zero-order valence-corrected chi connectivity index (χ0v) is 30.8. The maximum Gasteiger partial charge on any atom is 0.315 e. The van der Waals surface area contributed by atoms with E-state index in [2.05, 4.69) is 60.3 Å². The van der Waals surface area contributed by atoms with Gasteiger partial charge in [-0.2, -0.15) is 0 Å². The van der Waals surface area contributed by atoms with E-state index < -0.39 is 18.1 Å². The van der Waals surface area contributed by atoms with Gasteiger partial charge >= 0.3 is 5.97 Å². The molecule has 0 heterocycles. The van der Waals surface area contributed by atoms with Crippen LogP contribution in [0.5, 0.6) is 0 Å². The highest BCUT2D eigenvalue weighted by Gasteiger charge is 2.70. The van der Waals surface area contributed by atoms with Gasteiger partial charge in [-0.1, -0.05) is 89.3 Å². The van der Waals surface area contributed by atoms with Crippen LogP contribution in [0.4, 0.5) is 4.39 Å². The molecule has 0 aliphatic heterocycles. The van der Waals surface area contributed by atoms with Crippen LogP contribution < -0.4 is 5.73 Å². The fourth-order valence-electron chi connectivity index (χ4n) is 13.7. The number of allylic oxidation sites excluding steroid dienone is 5. The number of ether oxygens (including phenoxy) is 1. The van der Waals surface area contributed by atoms with Crippen molar-refractivity contribution in [1.82, 2.24) is 0 Å². The average Bonchev–Trinajstić information content (AvgIpc) is 3.42. The topological polar surface area (TPSA) is 52.3 Å². The number of carbonyl (C=O) groups is 1.